The van der Waals surface area contributed by atoms with Crippen LogP contribution in [0.2, 0.25) is 0 Å². The Morgan fingerprint density at radius 1 is 1.15 bits per heavy atom. The number of likely N-dealkylation sites (tertiary alicyclic amines) is 1. The molecule has 4 nitrogen and oxygen atoms in total. The van der Waals surface area contributed by atoms with Gasteiger partial charge in [0.05, 0.1) is 0 Å². The van der Waals surface area contributed by atoms with Crippen molar-refractivity contribution in [3.8, 4) is 0 Å². The van der Waals surface area contributed by atoms with E-state index >= 15 is 0 Å². The van der Waals surface area contributed by atoms with Gasteiger partial charge in [0.1, 0.15) is 6.04 Å². The van der Waals surface area contributed by atoms with Crippen LogP contribution in [0.5, 0.6) is 0 Å². The molecule has 0 saturated carbocycles. The summed E-state index contributed by atoms with van der Waals surface area (Å²) in [6.45, 7) is 0.314. The average Bonchev–Trinajstić information content (AvgIpc) is 2.66. The monoisotopic (exact) mass is 283 g/mol. The molecule has 1 aliphatic rings. The second-order valence-electron chi connectivity index (χ2n) is 4.83. The molecule has 20 heavy (non-hydrogen) atoms. The molecule has 108 valence electrons. The SMILES string of the molecule is O=C(O)C1CCCCCN1C(=O)c1ccc(F)c(F)c1. The molecule has 1 aliphatic heterocycles. The molecular weight excluding hydrogens is 268 g/mol. The fourth-order valence-electron chi connectivity index (χ4n) is 2.40. The summed E-state index contributed by atoms with van der Waals surface area (Å²) in [4.78, 5) is 24.8. The third kappa shape index (κ3) is 2.95. The van der Waals surface area contributed by atoms with Crippen LogP contribution in [0.3, 0.4) is 0 Å². The normalized spacial score (nSPS) is 19.5. The number of carbonyl (C=O) groups excluding carboxylic acids is 1. The number of carbonyl (C=O) groups is 2. The van der Waals surface area contributed by atoms with E-state index in [0.717, 1.165) is 25.0 Å². The number of aliphatic carboxylic acids is 1. The average molecular weight is 283 g/mol. The van der Waals surface area contributed by atoms with Gasteiger partial charge in [-0.2, -0.15) is 0 Å². The predicted molar refractivity (Wildman–Crippen MR) is 67.3 cm³/mol. The van der Waals surface area contributed by atoms with Crippen molar-refractivity contribution >= 4 is 11.9 Å². The molecule has 1 amide bonds. The molecule has 6 heteroatoms. The number of halogens is 2. The molecule has 0 bridgehead atoms. The molecule has 1 fully saturated rings. The van der Waals surface area contributed by atoms with E-state index in [1.54, 1.807) is 0 Å². The Kier molecular flexibility index (Phi) is 4.32. The second-order valence-corrected chi connectivity index (χ2v) is 4.83. The molecule has 1 heterocycles. The minimum atomic E-state index is -1.11. The van der Waals surface area contributed by atoms with Crippen molar-refractivity contribution in [1.29, 1.82) is 0 Å². The predicted octanol–water partition coefficient (Wildman–Crippen LogP) is 2.43. The minimum absolute atomic E-state index is 0.0305. The first kappa shape index (κ1) is 14.4. The van der Waals surface area contributed by atoms with Crippen LogP contribution in [-0.4, -0.2) is 34.5 Å². The van der Waals surface area contributed by atoms with Crippen molar-refractivity contribution < 1.29 is 23.5 Å². The van der Waals surface area contributed by atoms with Crippen LogP contribution in [0.4, 0.5) is 8.78 Å². The summed E-state index contributed by atoms with van der Waals surface area (Å²) in [7, 11) is 0. The first-order valence-electron chi connectivity index (χ1n) is 6.49. The number of hydrogen-bond donors (Lipinski definition) is 1. The van der Waals surface area contributed by atoms with E-state index in [0.29, 0.717) is 19.4 Å². The van der Waals surface area contributed by atoms with E-state index < -0.39 is 29.6 Å². The highest BCUT2D eigenvalue weighted by atomic mass is 19.2. The van der Waals surface area contributed by atoms with Crippen LogP contribution in [0, 0.1) is 11.6 Å². The van der Waals surface area contributed by atoms with Crippen molar-refractivity contribution in [2.45, 2.75) is 31.7 Å². The maximum Gasteiger partial charge on any atom is 0.326 e. The molecule has 1 unspecified atom stereocenters. The summed E-state index contributed by atoms with van der Waals surface area (Å²) in [5.74, 6) is -3.79. The quantitative estimate of drug-likeness (QED) is 0.907. The van der Waals surface area contributed by atoms with Crippen molar-refractivity contribution in [2.24, 2.45) is 0 Å². The van der Waals surface area contributed by atoms with Crippen molar-refractivity contribution in [1.82, 2.24) is 4.90 Å². The molecule has 1 aromatic rings. The van der Waals surface area contributed by atoms with Crippen LogP contribution in [-0.2, 0) is 4.79 Å². The van der Waals surface area contributed by atoms with Gasteiger partial charge in [0, 0.05) is 12.1 Å². The number of nitrogens with zero attached hydrogens (tertiary/aromatic N) is 1. The van der Waals surface area contributed by atoms with Gasteiger partial charge in [-0.05, 0) is 31.0 Å². The number of rotatable bonds is 2. The largest absolute Gasteiger partial charge is 0.480 e. The summed E-state index contributed by atoms with van der Waals surface area (Å²) in [6, 6.07) is 1.94. The molecule has 1 atom stereocenters. The van der Waals surface area contributed by atoms with Gasteiger partial charge in [0.15, 0.2) is 11.6 Å². The first-order chi connectivity index (χ1) is 9.50. The molecular formula is C14H15F2NO3. The molecule has 0 aliphatic carbocycles. The van der Waals surface area contributed by atoms with Gasteiger partial charge in [-0.3, -0.25) is 4.79 Å². The third-order valence-electron chi connectivity index (χ3n) is 3.47. The number of benzene rings is 1. The van der Waals surface area contributed by atoms with Crippen molar-refractivity contribution in [3.05, 3.63) is 35.4 Å². The van der Waals surface area contributed by atoms with Crippen molar-refractivity contribution in [3.63, 3.8) is 0 Å². The van der Waals surface area contributed by atoms with Crippen LogP contribution < -0.4 is 0 Å². The lowest BCUT2D eigenvalue weighted by Crippen LogP contribution is -2.44. The lowest BCUT2D eigenvalue weighted by molar-refractivity contribution is -0.142. The van der Waals surface area contributed by atoms with Gasteiger partial charge < -0.3 is 10.0 Å². The van der Waals surface area contributed by atoms with E-state index in [9.17, 15) is 23.5 Å². The van der Waals surface area contributed by atoms with Crippen molar-refractivity contribution in [2.75, 3.05) is 6.54 Å². The zero-order chi connectivity index (χ0) is 14.7. The molecule has 2 rings (SSSR count). The minimum Gasteiger partial charge on any atom is -0.480 e. The van der Waals surface area contributed by atoms with Crippen LogP contribution in [0.25, 0.3) is 0 Å². The first-order valence-corrected chi connectivity index (χ1v) is 6.49. The summed E-state index contributed by atoms with van der Waals surface area (Å²) in [6.07, 6.45) is 2.67. The maximum atomic E-state index is 13.2. The summed E-state index contributed by atoms with van der Waals surface area (Å²) < 4.78 is 26.1. The van der Waals surface area contributed by atoms with Gasteiger partial charge in [-0.25, -0.2) is 13.6 Å². The van der Waals surface area contributed by atoms with E-state index in [1.165, 1.54) is 11.0 Å². The van der Waals surface area contributed by atoms with E-state index in [-0.39, 0.29) is 5.56 Å². The van der Waals surface area contributed by atoms with Gasteiger partial charge >= 0.3 is 5.97 Å². The lowest BCUT2D eigenvalue weighted by atomic mass is 10.1. The summed E-state index contributed by atoms with van der Waals surface area (Å²) in [5, 5.41) is 9.20. The Morgan fingerprint density at radius 3 is 2.55 bits per heavy atom. The highest BCUT2D eigenvalue weighted by Gasteiger charge is 2.31. The Labute approximate surface area is 115 Å². The van der Waals surface area contributed by atoms with E-state index in [1.807, 2.05) is 0 Å². The molecule has 0 spiro atoms. The van der Waals surface area contributed by atoms with Gasteiger partial charge in [0.25, 0.3) is 5.91 Å². The molecule has 1 N–H and O–H groups in total. The smallest absolute Gasteiger partial charge is 0.326 e. The van der Waals surface area contributed by atoms with E-state index in [2.05, 4.69) is 0 Å². The maximum absolute atomic E-state index is 13.2. The Bertz CT molecular complexity index is 533. The van der Waals surface area contributed by atoms with E-state index in [4.69, 9.17) is 0 Å². The molecule has 0 aromatic heterocycles. The Morgan fingerprint density at radius 2 is 1.90 bits per heavy atom. The Balaban J connectivity index is 2.28. The molecule has 0 radical (unpaired) electrons. The fraction of sp³-hybridized carbons (Fsp3) is 0.429. The standard InChI is InChI=1S/C14H15F2NO3/c15-10-6-5-9(8-11(10)16)13(18)17-7-3-1-2-4-12(17)14(19)20/h5-6,8,12H,1-4,7H2,(H,19,20). The number of hydrogen-bond acceptors (Lipinski definition) is 2. The zero-order valence-corrected chi connectivity index (χ0v) is 10.8. The second kappa shape index (κ2) is 5.98. The van der Waals surface area contributed by atoms with Gasteiger partial charge in [-0.15, -0.1) is 0 Å². The highest BCUT2D eigenvalue weighted by Crippen LogP contribution is 2.20. The Hall–Kier alpha value is -1.98. The fourth-order valence-corrected chi connectivity index (χ4v) is 2.40. The highest BCUT2D eigenvalue weighted by molar-refractivity contribution is 5.96. The zero-order valence-electron chi connectivity index (χ0n) is 10.8. The van der Waals surface area contributed by atoms with Gasteiger partial charge in [-0.1, -0.05) is 12.8 Å². The van der Waals surface area contributed by atoms with Crippen LogP contribution in [0.15, 0.2) is 18.2 Å². The molecule has 1 aromatic carbocycles. The number of carboxylic acid groups (broad SMARTS) is 1. The number of amides is 1. The third-order valence-corrected chi connectivity index (χ3v) is 3.47. The number of carboxylic acids is 1. The summed E-state index contributed by atoms with van der Waals surface area (Å²) >= 11 is 0. The van der Waals surface area contributed by atoms with Gasteiger partial charge in [0.2, 0.25) is 0 Å². The summed E-state index contributed by atoms with van der Waals surface area (Å²) in [5.41, 5.74) is -0.0305. The molecule has 1 saturated heterocycles. The van der Waals surface area contributed by atoms with Crippen LogP contribution in [0.1, 0.15) is 36.0 Å². The lowest BCUT2D eigenvalue weighted by Gasteiger charge is -2.27. The topological polar surface area (TPSA) is 57.6 Å². The van der Waals surface area contributed by atoms with Crippen LogP contribution >= 0.6 is 0 Å².